The molecule has 2 nitrogen and oxygen atoms in total. The van der Waals surface area contributed by atoms with Crippen molar-refractivity contribution in [2.24, 2.45) is 5.92 Å². The van der Waals surface area contributed by atoms with Crippen LogP contribution in [0.5, 0.6) is 0 Å². The summed E-state index contributed by atoms with van der Waals surface area (Å²) >= 11 is 0. The van der Waals surface area contributed by atoms with Crippen LogP contribution in [0.1, 0.15) is 25.8 Å². The molecule has 0 aliphatic rings. The van der Waals surface area contributed by atoms with E-state index in [9.17, 15) is 4.79 Å². The van der Waals surface area contributed by atoms with Crippen LogP contribution < -0.4 is 0 Å². The maximum absolute atomic E-state index is 11.7. The first kappa shape index (κ1) is 9.00. The van der Waals surface area contributed by atoms with Gasteiger partial charge in [-0.15, -0.1) is 0 Å². The van der Waals surface area contributed by atoms with Crippen LogP contribution >= 0.6 is 0 Å². The van der Waals surface area contributed by atoms with Crippen molar-refractivity contribution < 1.29 is 6.22 Å². The minimum atomic E-state index is 0. The lowest BCUT2D eigenvalue weighted by Gasteiger charge is -1.99. The minimum absolute atomic E-state index is 0. The molecule has 0 atom stereocenters. The van der Waals surface area contributed by atoms with Crippen molar-refractivity contribution in [1.29, 1.82) is 0 Å². The second-order valence-electron chi connectivity index (χ2n) is 3.79. The number of fused-ring (bicyclic) bond motifs is 1. The molecule has 1 N–H and O–H groups in total. The fraction of sp³-hybridized carbons (Fsp3) is 0.250. The standard InChI is InChI=1S/C12H13NO.H2/c1-8(2)12(14)11-7-9-5-3-4-6-10(9)13-11;/h3-8,13H,1-2H3;1H. The van der Waals surface area contributed by atoms with E-state index in [1.165, 1.54) is 0 Å². The van der Waals surface area contributed by atoms with E-state index in [0.29, 0.717) is 5.69 Å². The van der Waals surface area contributed by atoms with Gasteiger partial charge < -0.3 is 4.98 Å². The molecule has 2 heteroatoms. The number of aromatic amines is 1. The maximum atomic E-state index is 11.7. The van der Waals surface area contributed by atoms with Crippen molar-refractivity contribution in [2.75, 3.05) is 0 Å². The number of rotatable bonds is 2. The molecule has 0 saturated heterocycles. The molecule has 0 bridgehead atoms. The third-order valence-corrected chi connectivity index (χ3v) is 2.32. The molecule has 2 aromatic rings. The van der Waals surface area contributed by atoms with Crippen LogP contribution in [0.3, 0.4) is 0 Å². The normalized spacial score (nSPS) is 11.1. The maximum Gasteiger partial charge on any atom is 0.181 e. The predicted molar refractivity (Wildman–Crippen MR) is 59.6 cm³/mol. The Morgan fingerprint density at radius 2 is 2.07 bits per heavy atom. The molecule has 1 heterocycles. The highest BCUT2D eigenvalue weighted by Crippen LogP contribution is 2.16. The number of Topliss-reactive ketones (excluding diaryl/α,β-unsaturated/α-hetero) is 1. The Morgan fingerprint density at radius 3 is 2.71 bits per heavy atom. The van der Waals surface area contributed by atoms with Crippen LogP contribution in [0.4, 0.5) is 0 Å². The van der Waals surface area contributed by atoms with E-state index in [2.05, 4.69) is 4.98 Å². The van der Waals surface area contributed by atoms with Gasteiger partial charge in [-0.05, 0) is 12.1 Å². The molecule has 1 aromatic carbocycles. The van der Waals surface area contributed by atoms with Gasteiger partial charge >= 0.3 is 0 Å². The first-order valence-electron chi connectivity index (χ1n) is 4.80. The largest absolute Gasteiger partial charge is 0.352 e. The smallest absolute Gasteiger partial charge is 0.181 e. The molecule has 2 rings (SSSR count). The van der Waals surface area contributed by atoms with E-state index in [1.807, 2.05) is 44.2 Å². The molecule has 0 fully saturated rings. The van der Waals surface area contributed by atoms with Gasteiger partial charge in [0.05, 0.1) is 5.69 Å². The van der Waals surface area contributed by atoms with E-state index in [0.717, 1.165) is 10.9 Å². The molecule has 1 aromatic heterocycles. The van der Waals surface area contributed by atoms with Crippen LogP contribution in [-0.4, -0.2) is 10.8 Å². The van der Waals surface area contributed by atoms with Gasteiger partial charge in [-0.1, -0.05) is 32.0 Å². The van der Waals surface area contributed by atoms with Crippen molar-refractivity contribution >= 4 is 16.7 Å². The van der Waals surface area contributed by atoms with Gasteiger partial charge in [0.2, 0.25) is 0 Å². The number of benzene rings is 1. The molecular formula is C12H15NO. The Kier molecular flexibility index (Phi) is 2.12. The molecule has 74 valence electrons. The van der Waals surface area contributed by atoms with E-state index < -0.39 is 0 Å². The van der Waals surface area contributed by atoms with Crippen LogP contribution in [0.15, 0.2) is 30.3 Å². The summed E-state index contributed by atoms with van der Waals surface area (Å²) in [5, 5.41) is 1.09. The second-order valence-corrected chi connectivity index (χ2v) is 3.79. The van der Waals surface area contributed by atoms with Gasteiger partial charge in [-0.25, -0.2) is 0 Å². The lowest BCUT2D eigenvalue weighted by molar-refractivity contribution is 0.0935. The molecule has 0 aliphatic heterocycles. The summed E-state index contributed by atoms with van der Waals surface area (Å²) in [6.45, 7) is 3.82. The van der Waals surface area contributed by atoms with Crippen LogP contribution in [0, 0.1) is 5.92 Å². The monoisotopic (exact) mass is 189 g/mol. The van der Waals surface area contributed by atoms with Gasteiger partial charge in [0.25, 0.3) is 0 Å². The number of para-hydroxylation sites is 1. The van der Waals surface area contributed by atoms with E-state index in [4.69, 9.17) is 0 Å². The van der Waals surface area contributed by atoms with Crippen molar-refractivity contribution in [3.63, 3.8) is 0 Å². The molecule has 0 spiro atoms. The third kappa shape index (κ3) is 1.43. The average molecular weight is 189 g/mol. The average Bonchev–Trinajstić information content (AvgIpc) is 2.59. The highest BCUT2D eigenvalue weighted by atomic mass is 16.1. The van der Waals surface area contributed by atoms with E-state index in [-0.39, 0.29) is 13.1 Å². The zero-order valence-corrected chi connectivity index (χ0v) is 8.37. The van der Waals surface area contributed by atoms with Gasteiger partial charge in [-0.3, -0.25) is 4.79 Å². The quantitative estimate of drug-likeness (QED) is 0.723. The number of hydrogen-bond donors (Lipinski definition) is 1. The van der Waals surface area contributed by atoms with Crippen LogP contribution in [0.2, 0.25) is 0 Å². The molecule has 0 aliphatic carbocycles. The summed E-state index contributed by atoms with van der Waals surface area (Å²) in [7, 11) is 0. The SMILES string of the molecule is CC(C)C(=O)c1cc2ccccc2[nH]1.[HH]. The third-order valence-electron chi connectivity index (χ3n) is 2.32. The van der Waals surface area contributed by atoms with Gasteiger partial charge in [0, 0.05) is 18.2 Å². The zero-order chi connectivity index (χ0) is 10.1. The van der Waals surface area contributed by atoms with Gasteiger partial charge in [-0.2, -0.15) is 0 Å². The molecule has 0 unspecified atom stereocenters. The molecule has 0 amide bonds. The highest BCUT2D eigenvalue weighted by molar-refractivity contribution is 6.00. The number of nitrogens with one attached hydrogen (secondary N) is 1. The molecule has 0 saturated carbocycles. The molecule has 0 radical (unpaired) electrons. The first-order chi connectivity index (χ1) is 6.68. The Morgan fingerprint density at radius 1 is 1.36 bits per heavy atom. The fourth-order valence-corrected chi connectivity index (χ4v) is 1.52. The Balaban J connectivity index is 0.00000112. The molecular weight excluding hydrogens is 174 g/mol. The summed E-state index contributed by atoms with van der Waals surface area (Å²) in [4.78, 5) is 14.8. The summed E-state index contributed by atoms with van der Waals surface area (Å²) in [6, 6.07) is 9.83. The van der Waals surface area contributed by atoms with Gasteiger partial charge in [0.1, 0.15) is 0 Å². The van der Waals surface area contributed by atoms with Crippen LogP contribution in [0.25, 0.3) is 10.9 Å². The van der Waals surface area contributed by atoms with Gasteiger partial charge in [0.15, 0.2) is 5.78 Å². The summed E-state index contributed by atoms with van der Waals surface area (Å²) in [5.41, 5.74) is 1.73. The van der Waals surface area contributed by atoms with Crippen LogP contribution in [-0.2, 0) is 0 Å². The predicted octanol–water partition coefficient (Wildman–Crippen LogP) is 3.25. The molecule has 14 heavy (non-hydrogen) atoms. The van der Waals surface area contributed by atoms with Crippen molar-refractivity contribution in [2.45, 2.75) is 13.8 Å². The second kappa shape index (κ2) is 3.29. The number of carbonyl (C=O) groups is 1. The zero-order valence-electron chi connectivity index (χ0n) is 8.37. The van der Waals surface area contributed by atoms with Crippen molar-refractivity contribution in [1.82, 2.24) is 4.98 Å². The van der Waals surface area contributed by atoms with Crippen molar-refractivity contribution in [3.05, 3.63) is 36.0 Å². The van der Waals surface area contributed by atoms with E-state index in [1.54, 1.807) is 0 Å². The van der Waals surface area contributed by atoms with E-state index >= 15 is 0 Å². The topological polar surface area (TPSA) is 32.9 Å². The Hall–Kier alpha value is -1.57. The summed E-state index contributed by atoms with van der Waals surface area (Å²) < 4.78 is 0. The number of hydrogen-bond acceptors (Lipinski definition) is 1. The number of ketones is 1. The number of aromatic nitrogens is 1. The summed E-state index contributed by atoms with van der Waals surface area (Å²) in [5.74, 6) is 0.212. The summed E-state index contributed by atoms with van der Waals surface area (Å²) in [6.07, 6.45) is 0. The number of H-pyrrole nitrogens is 1. The van der Waals surface area contributed by atoms with Crippen molar-refractivity contribution in [3.8, 4) is 0 Å². The Bertz CT molecular complexity index is 440. The first-order valence-corrected chi connectivity index (χ1v) is 4.80. The fourth-order valence-electron chi connectivity index (χ4n) is 1.52. The minimum Gasteiger partial charge on any atom is -0.352 e. The lowest BCUT2D eigenvalue weighted by atomic mass is 10.1. The number of carbonyl (C=O) groups excluding carboxylic acids is 1. The lowest BCUT2D eigenvalue weighted by Crippen LogP contribution is -2.07. The Labute approximate surface area is 84.4 Å². The highest BCUT2D eigenvalue weighted by Gasteiger charge is 2.12.